The number of hydrazone groups is 1. The van der Waals surface area contributed by atoms with Gasteiger partial charge in [-0.25, -0.2) is 14.6 Å². The summed E-state index contributed by atoms with van der Waals surface area (Å²) in [6.45, 7) is 3.67. The molecule has 0 aliphatic heterocycles. The van der Waals surface area contributed by atoms with Crippen molar-refractivity contribution < 1.29 is 23.5 Å². The molecule has 1 amide bonds. The smallest absolute Gasteiger partial charge is 0.343 e. The zero-order chi connectivity index (χ0) is 22.2. The summed E-state index contributed by atoms with van der Waals surface area (Å²) in [4.78, 5) is 24.0. The third kappa shape index (κ3) is 6.24. The number of hydrogen-bond acceptors (Lipinski definition) is 5. The number of nitrogens with zero attached hydrogens (tertiary/aromatic N) is 1. The summed E-state index contributed by atoms with van der Waals surface area (Å²) in [5.74, 6) is -0.568. The Kier molecular flexibility index (Phi) is 7.11. The molecule has 0 saturated carbocycles. The molecule has 1 N–H and O–H groups in total. The molecule has 7 heteroatoms. The van der Waals surface area contributed by atoms with Crippen molar-refractivity contribution in [2.24, 2.45) is 5.10 Å². The second-order valence-electron chi connectivity index (χ2n) is 6.77. The van der Waals surface area contributed by atoms with Gasteiger partial charge in [-0.2, -0.15) is 5.10 Å². The predicted octanol–water partition coefficient (Wildman–Crippen LogP) is 4.19. The van der Waals surface area contributed by atoms with Crippen LogP contribution in [-0.4, -0.2) is 24.7 Å². The lowest BCUT2D eigenvalue weighted by Gasteiger charge is -2.10. The number of carbonyl (C=O) groups excluding carboxylic acids is 2. The molecule has 0 aliphatic rings. The van der Waals surface area contributed by atoms with Crippen molar-refractivity contribution in [2.75, 3.05) is 6.61 Å². The summed E-state index contributed by atoms with van der Waals surface area (Å²) in [5.41, 5.74) is 5.11. The average molecular weight is 420 g/mol. The molecule has 158 valence electrons. The number of ether oxygens (including phenoxy) is 2. The van der Waals surface area contributed by atoms with Gasteiger partial charge in [0.1, 0.15) is 17.3 Å². The molecule has 0 aliphatic carbocycles. The highest BCUT2D eigenvalue weighted by Gasteiger charge is 2.09. The van der Waals surface area contributed by atoms with Crippen LogP contribution in [0, 0.1) is 19.7 Å². The van der Waals surface area contributed by atoms with Gasteiger partial charge in [-0.15, -0.1) is 0 Å². The molecule has 3 aromatic carbocycles. The highest BCUT2D eigenvalue weighted by Crippen LogP contribution is 2.22. The van der Waals surface area contributed by atoms with Crippen molar-refractivity contribution in [1.82, 2.24) is 5.43 Å². The largest absolute Gasteiger partial charge is 0.483 e. The number of rotatable bonds is 7. The van der Waals surface area contributed by atoms with Crippen LogP contribution in [0.5, 0.6) is 11.5 Å². The molecular weight excluding hydrogens is 399 g/mol. The third-order valence-corrected chi connectivity index (χ3v) is 4.31. The number of halogens is 1. The molecule has 0 fully saturated rings. The maximum absolute atomic E-state index is 13.2. The summed E-state index contributed by atoms with van der Waals surface area (Å²) in [6.07, 6.45) is 1.45. The summed E-state index contributed by atoms with van der Waals surface area (Å²) < 4.78 is 24.0. The molecule has 0 saturated heterocycles. The van der Waals surface area contributed by atoms with E-state index < -0.39 is 11.8 Å². The zero-order valence-corrected chi connectivity index (χ0v) is 17.1. The van der Waals surface area contributed by atoms with Gasteiger partial charge in [0.05, 0.1) is 11.8 Å². The van der Waals surface area contributed by atoms with E-state index in [9.17, 15) is 14.0 Å². The minimum Gasteiger partial charge on any atom is -0.483 e. The molecule has 0 heterocycles. The van der Waals surface area contributed by atoms with Crippen LogP contribution in [0.3, 0.4) is 0 Å². The topological polar surface area (TPSA) is 77.0 Å². The maximum atomic E-state index is 13.2. The molecule has 0 spiro atoms. The first-order chi connectivity index (χ1) is 14.9. The summed E-state index contributed by atoms with van der Waals surface area (Å²) in [5, 5.41) is 3.89. The van der Waals surface area contributed by atoms with Gasteiger partial charge in [0.25, 0.3) is 5.91 Å². The van der Waals surface area contributed by atoms with Crippen LogP contribution < -0.4 is 14.9 Å². The molecular formula is C24H21FN2O4. The van der Waals surface area contributed by atoms with E-state index in [1.807, 2.05) is 32.0 Å². The van der Waals surface area contributed by atoms with Crippen molar-refractivity contribution in [3.8, 4) is 11.5 Å². The average Bonchev–Trinajstić information content (AvgIpc) is 2.74. The fourth-order valence-corrected chi connectivity index (χ4v) is 2.78. The number of amides is 1. The van der Waals surface area contributed by atoms with Gasteiger partial charge in [-0.1, -0.05) is 24.3 Å². The monoisotopic (exact) mass is 420 g/mol. The van der Waals surface area contributed by atoms with Gasteiger partial charge in [-0.05, 0) is 73.0 Å². The van der Waals surface area contributed by atoms with Crippen LogP contribution in [-0.2, 0) is 4.79 Å². The van der Waals surface area contributed by atoms with Crippen LogP contribution in [0.1, 0.15) is 27.0 Å². The van der Waals surface area contributed by atoms with Crippen LogP contribution in [0.2, 0.25) is 0 Å². The summed E-state index contributed by atoms with van der Waals surface area (Å²) in [6, 6.07) is 17.5. The SMILES string of the molecule is Cc1cccc(C)c1OCC(=O)N/N=C\c1ccc(OC(=O)c2cccc(F)c2)cc1. The van der Waals surface area contributed by atoms with E-state index in [-0.39, 0.29) is 18.1 Å². The van der Waals surface area contributed by atoms with Crippen molar-refractivity contribution in [2.45, 2.75) is 13.8 Å². The van der Waals surface area contributed by atoms with Gasteiger partial charge < -0.3 is 9.47 Å². The van der Waals surface area contributed by atoms with E-state index in [1.54, 1.807) is 24.3 Å². The number of carbonyl (C=O) groups is 2. The highest BCUT2D eigenvalue weighted by molar-refractivity contribution is 5.91. The minimum absolute atomic E-state index is 0.122. The van der Waals surface area contributed by atoms with E-state index in [0.717, 1.165) is 17.2 Å². The van der Waals surface area contributed by atoms with Crippen LogP contribution in [0.25, 0.3) is 0 Å². The Labute approximate surface area is 179 Å². The van der Waals surface area contributed by atoms with Gasteiger partial charge in [0.15, 0.2) is 6.61 Å². The van der Waals surface area contributed by atoms with Crippen molar-refractivity contribution in [1.29, 1.82) is 0 Å². The van der Waals surface area contributed by atoms with Crippen molar-refractivity contribution in [3.63, 3.8) is 0 Å². The molecule has 0 bridgehead atoms. The number of aryl methyl sites for hydroxylation is 2. The highest BCUT2D eigenvalue weighted by atomic mass is 19.1. The first kappa shape index (κ1) is 21.7. The van der Waals surface area contributed by atoms with Crippen LogP contribution >= 0.6 is 0 Å². The molecule has 0 atom stereocenters. The van der Waals surface area contributed by atoms with Crippen molar-refractivity contribution >= 4 is 18.1 Å². The number of benzene rings is 3. The van der Waals surface area contributed by atoms with E-state index in [1.165, 1.54) is 24.4 Å². The van der Waals surface area contributed by atoms with E-state index in [2.05, 4.69) is 10.5 Å². The van der Waals surface area contributed by atoms with E-state index in [4.69, 9.17) is 9.47 Å². The Morgan fingerprint density at radius 1 is 1.00 bits per heavy atom. The first-order valence-electron chi connectivity index (χ1n) is 9.51. The number of nitrogens with one attached hydrogen (secondary N) is 1. The Morgan fingerprint density at radius 3 is 2.35 bits per heavy atom. The lowest BCUT2D eigenvalue weighted by molar-refractivity contribution is -0.123. The van der Waals surface area contributed by atoms with E-state index >= 15 is 0 Å². The Hall–Kier alpha value is -4.00. The zero-order valence-electron chi connectivity index (χ0n) is 17.1. The molecule has 6 nitrogen and oxygen atoms in total. The second kappa shape index (κ2) is 10.2. The molecule has 0 unspecified atom stereocenters. The fourth-order valence-electron chi connectivity index (χ4n) is 2.78. The van der Waals surface area contributed by atoms with Gasteiger partial charge in [-0.3, -0.25) is 4.79 Å². The quantitative estimate of drug-likeness (QED) is 0.269. The molecule has 3 aromatic rings. The maximum Gasteiger partial charge on any atom is 0.343 e. The Balaban J connectivity index is 1.49. The first-order valence-corrected chi connectivity index (χ1v) is 9.51. The van der Waals surface area contributed by atoms with Crippen molar-refractivity contribution in [3.05, 3.63) is 94.8 Å². The fraction of sp³-hybridized carbons (Fsp3) is 0.125. The van der Waals surface area contributed by atoms with Gasteiger partial charge >= 0.3 is 5.97 Å². The number of esters is 1. The predicted molar refractivity (Wildman–Crippen MR) is 115 cm³/mol. The summed E-state index contributed by atoms with van der Waals surface area (Å²) >= 11 is 0. The third-order valence-electron chi connectivity index (χ3n) is 4.31. The summed E-state index contributed by atoms with van der Waals surface area (Å²) in [7, 11) is 0. The Bertz CT molecular complexity index is 1090. The molecule has 31 heavy (non-hydrogen) atoms. The Morgan fingerprint density at radius 2 is 1.68 bits per heavy atom. The second-order valence-corrected chi connectivity index (χ2v) is 6.77. The van der Waals surface area contributed by atoms with Gasteiger partial charge in [0, 0.05) is 0 Å². The van der Waals surface area contributed by atoms with Crippen LogP contribution in [0.15, 0.2) is 71.8 Å². The number of para-hydroxylation sites is 1. The molecule has 3 rings (SSSR count). The van der Waals surface area contributed by atoms with Gasteiger partial charge in [0.2, 0.25) is 0 Å². The standard InChI is InChI=1S/C24H21FN2O4/c1-16-5-3-6-17(2)23(16)30-15-22(28)27-26-14-18-9-11-21(12-10-18)31-24(29)19-7-4-8-20(25)13-19/h3-14H,15H2,1-2H3,(H,27,28)/b26-14-. The minimum atomic E-state index is -0.655. The van der Waals surface area contributed by atoms with Crippen LogP contribution in [0.4, 0.5) is 4.39 Å². The molecule has 0 aromatic heterocycles. The lowest BCUT2D eigenvalue weighted by Crippen LogP contribution is -2.25. The normalized spacial score (nSPS) is 10.7. The lowest BCUT2D eigenvalue weighted by atomic mass is 10.1. The molecule has 0 radical (unpaired) electrons. The van der Waals surface area contributed by atoms with E-state index in [0.29, 0.717) is 17.1 Å². The number of hydrogen-bond donors (Lipinski definition) is 1.